The van der Waals surface area contributed by atoms with Gasteiger partial charge in [-0.1, -0.05) is 24.6 Å². The normalized spacial score (nSPS) is 26.6. The average molecular weight is 471 g/mol. The summed E-state index contributed by atoms with van der Waals surface area (Å²) in [6.45, 7) is 0.487. The maximum absolute atomic E-state index is 13.4. The lowest BCUT2D eigenvalue weighted by Gasteiger charge is -2.42. The predicted molar refractivity (Wildman–Crippen MR) is 121 cm³/mol. The average Bonchev–Trinajstić information content (AvgIpc) is 3.03. The van der Waals surface area contributed by atoms with Gasteiger partial charge in [-0.15, -0.1) is 0 Å². The Kier molecular flexibility index (Phi) is 7.40. The van der Waals surface area contributed by atoms with Crippen molar-refractivity contribution >= 4 is 24.9 Å². The number of aromatic hydroxyl groups is 1. The first-order chi connectivity index (χ1) is 16.3. The number of phenolic OH excluding ortho intramolecular Hbond substituents is 1. The summed E-state index contributed by atoms with van der Waals surface area (Å²) in [5, 5.41) is 30.0. The zero-order chi connectivity index (χ0) is 24.4. The number of carbonyl (C=O) groups is 3. The largest absolute Gasteiger partial charge is 0.508 e. The standard InChI is InChI=1S/C24H30BNO8/c1-33-13-14-11-17-21(24(31)26(23(17)30)10-6-2-3-9-20(28)29)16-12-19(34-25(32)22(14)16)15-7-4-5-8-18(15)27/h4-5,7-8,16-17,19,21,27,32H,2-3,6,9-13H2,1H3,(H,28,29)/t16-,17-,19-,21+/m0/s1. The number of carboxylic acids is 1. The van der Waals surface area contributed by atoms with Crippen molar-refractivity contribution in [1.82, 2.24) is 4.90 Å². The van der Waals surface area contributed by atoms with Crippen molar-refractivity contribution in [2.45, 2.75) is 44.6 Å². The number of imide groups is 1. The fraction of sp³-hybridized carbons (Fsp3) is 0.542. The molecule has 182 valence electrons. The van der Waals surface area contributed by atoms with E-state index in [2.05, 4.69) is 0 Å². The fourth-order valence-electron chi connectivity index (χ4n) is 5.69. The van der Waals surface area contributed by atoms with Crippen LogP contribution in [-0.2, 0) is 23.8 Å². The summed E-state index contributed by atoms with van der Waals surface area (Å²) < 4.78 is 11.2. The van der Waals surface area contributed by atoms with Gasteiger partial charge in [0, 0.05) is 25.6 Å². The van der Waals surface area contributed by atoms with Crippen molar-refractivity contribution in [3.8, 4) is 5.75 Å². The first-order valence-electron chi connectivity index (χ1n) is 11.7. The summed E-state index contributed by atoms with van der Waals surface area (Å²) in [4.78, 5) is 38.7. The minimum atomic E-state index is -1.26. The first-order valence-corrected chi connectivity index (χ1v) is 11.7. The molecular weight excluding hydrogens is 441 g/mol. The summed E-state index contributed by atoms with van der Waals surface area (Å²) in [7, 11) is 0.281. The Bertz CT molecular complexity index is 995. The lowest BCUT2D eigenvalue weighted by atomic mass is 9.55. The second-order valence-electron chi connectivity index (χ2n) is 9.24. The third-order valence-electron chi connectivity index (χ3n) is 7.18. The van der Waals surface area contributed by atoms with Crippen LogP contribution < -0.4 is 0 Å². The first kappa shape index (κ1) is 24.4. The zero-order valence-corrected chi connectivity index (χ0v) is 19.2. The number of nitrogens with zero attached hydrogens (tertiary/aromatic N) is 1. The number of ether oxygens (including phenoxy) is 1. The number of hydrogen-bond acceptors (Lipinski definition) is 7. The topological polar surface area (TPSA) is 134 Å². The van der Waals surface area contributed by atoms with Crippen LogP contribution in [0.15, 0.2) is 35.3 Å². The Morgan fingerprint density at radius 3 is 2.65 bits per heavy atom. The second kappa shape index (κ2) is 10.3. The van der Waals surface area contributed by atoms with Gasteiger partial charge < -0.3 is 24.6 Å². The summed E-state index contributed by atoms with van der Waals surface area (Å²) >= 11 is 0. The minimum Gasteiger partial charge on any atom is -0.508 e. The van der Waals surface area contributed by atoms with Crippen molar-refractivity contribution < 1.29 is 39.0 Å². The van der Waals surface area contributed by atoms with E-state index in [0.717, 1.165) is 5.57 Å². The molecule has 1 aromatic carbocycles. The fourth-order valence-corrected chi connectivity index (χ4v) is 5.69. The van der Waals surface area contributed by atoms with Crippen LogP contribution in [0.1, 0.15) is 50.2 Å². The maximum atomic E-state index is 13.4. The van der Waals surface area contributed by atoms with Gasteiger partial charge in [0.2, 0.25) is 11.8 Å². The molecule has 2 saturated heterocycles. The van der Waals surface area contributed by atoms with Crippen molar-refractivity contribution in [3.63, 3.8) is 0 Å². The summed E-state index contributed by atoms with van der Waals surface area (Å²) in [6.07, 6.45) is 1.77. The number of aliphatic carboxylic acids is 1. The number of carboxylic acid groups (broad SMARTS) is 1. The van der Waals surface area contributed by atoms with Gasteiger partial charge in [0.15, 0.2) is 0 Å². The third kappa shape index (κ3) is 4.62. The van der Waals surface area contributed by atoms with Gasteiger partial charge >= 0.3 is 13.1 Å². The second-order valence-corrected chi connectivity index (χ2v) is 9.24. The van der Waals surface area contributed by atoms with Gasteiger partial charge in [-0.25, -0.2) is 0 Å². The molecule has 2 amide bonds. The molecule has 3 N–H and O–H groups in total. The molecule has 2 heterocycles. The van der Waals surface area contributed by atoms with Crippen LogP contribution in [0.2, 0.25) is 0 Å². The van der Waals surface area contributed by atoms with Crippen LogP contribution in [0, 0.1) is 17.8 Å². The van der Waals surface area contributed by atoms with E-state index in [-0.39, 0.29) is 37.1 Å². The summed E-state index contributed by atoms with van der Waals surface area (Å²) in [6, 6.07) is 6.74. The molecule has 1 aromatic rings. The molecule has 1 aliphatic carbocycles. The molecule has 4 rings (SSSR count). The van der Waals surface area contributed by atoms with E-state index in [1.54, 1.807) is 31.4 Å². The number of carbonyl (C=O) groups excluding carboxylic acids is 2. The van der Waals surface area contributed by atoms with Crippen molar-refractivity contribution in [3.05, 3.63) is 40.9 Å². The van der Waals surface area contributed by atoms with Gasteiger partial charge in [0.1, 0.15) is 5.75 Å². The number of fused-ring (bicyclic) bond motifs is 3. The maximum Gasteiger partial charge on any atom is 0.487 e. The molecule has 0 bridgehead atoms. The summed E-state index contributed by atoms with van der Waals surface area (Å²) in [5.41, 5.74) is 1.92. The molecule has 10 heteroatoms. The quantitative estimate of drug-likeness (QED) is 0.283. The van der Waals surface area contributed by atoms with Crippen LogP contribution in [0.5, 0.6) is 5.75 Å². The molecule has 4 atom stereocenters. The molecule has 3 aliphatic rings. The number of methoxy groups -OCH3 is 1. The smallest absolute Gasteiger partial charge is 0.487 e. The van der Waals surface area contributed by atoms with E-state index in [1.165, 1.54) is 4.90 Å². The van der Waals surface area contributed by atoms with Crippen LogP contribution in [-0.4, -0.2) is 65.3 Å². The highest BCUT2D eigenvalue weighted by Gasteiger charge is 2.57. The lowest BCUT2D eigenvalue weighted by molar-refractivity contribution is -0.141. The number of hydrogen-bond donors (Lipinski definition) is 3. The number of amides is 2. The number of rotatable bonds is 9. The molecule has 0 aromatic heterocycles. The highest BCUT2D eigenvalue weighted by Crippen LogP contribution is 2.52. The molecule has 0 unspecified atom stereocenters. The van der Waals surface area contributed by atoms with Gasteiger partial charge in [0.25, 0.3) is 0 Å². The van der Waals surface area contributed by atoms with E-state index in [1.807, 2.05) is 0 Å². The molecule has 2 aliphatic heterocycles. The minimum absolute atomic E-state index is 0.0495. The number of allylic oxidation sites excluding steroid dienone is 1. The summed E-state index contributed by atoms with van der Waals surface area (Å²) in [5.74, 6) is -2.83. The lowest BCUT2D eigenvalue weighted by Crippen LogP contribution is -2.45. The van der Waals surface area contributed by atoms with E-state index in [4.69, 9.17) is 14.5 Å². The number of phenols is 1. The van der Waals surface area contributed by atoms with Crippen molar-refractivity contribution in [2.24, 2.45) is 17.8 Å². The Morgan fingerprint density at radius 2 is 1.94 bits per heavy atom. The molecule has 0 radical (unpaired) electrons. The Morgan fingerprint density at radius 1 is 1.18 bits per heavy atom. The van der Waals surface area contributed by atoms with Crippen molar-refractivity contribution in [2.75, 3.05) is 20.3 Å². The van der Waals surface area contributed by atoms with Gasteiger partial charge in [-0.3, -0.25) is 19.3 Å². The molecule has 9 nitrogen and oxygen atoms in total. The molecular formula is C24H30BNO8. The van der Waals surface area contributed by atoms with Crippen LogP contribution >= 0.6 is 0 Å². The molecule has 0 spiro atoms. The number of para-hydroxylation sites is 1. The van der Waals surface area contributed by atoms with Crippen LogP contribution in [0.4, 0.5) is 0 Å². The number of unbranched alkanes of at least 4 members (excludes halogenated alkanes) is 2. The van der Waals surface area contributed by atoms with E-state index in [9.17, 15) is 24.5 Å². The SMILES string of the molecule is COCC1=C2B(O)O[C@H](c3ccccc3O)C[C@H]2[C@H]2C(=O)N(CCCCCC(=O)O)C(=O)[C@H]2C1. The highest BCUT2D eigenvalue weighted by atomic mass is 16.5. The Hall–Kier alpha value is -2.69. The number of benzene rings is 1. The third-order valence-corrected chi connectivity index (χ3v) is 7.18. The van der Waals surface area contributed by atoms with Gasteiger partial charge in [-0.05, 0) is 48.7 Å². The van der Waals surface area contributed by atoms with Crippen LogP contribution in [0.25, 0.3) is 0 Å². The van der Waals surface area contributed by atoms with Crippen molar-refractivity contribution in [1.29, 1.82) is 0 Å². The zero-order valence-electron chi connectivity index (χ0n) is 19.2. The van der Waals surface area contributed by atoms with E-state index < -0.39 is 36.9 Å². The molecule has 34 heavy (non-hydrogen) atoms. The Labute approximate surface area is 198 Å². The highest BCUT2D eigenvalue weighted by molar-refractivity contribution is 6.53. The van der Waals surface area contributed by atoms with E-state index in [0.29, 0.717) is 43.1 Å². The molecule has 0 saturated carbocycles. The van der Waals surface area contributed by atoms with Crippen LogP contribution in [0.3, 0.4) is 0 Å². The monoisotopic (exact) mass is 471 g/mol. The molecule has 2 fully saturated rings. The number of likely N-dealkylation sites (tertiary alicyclic amines) is 1. The van der Waals surface area contributed by atoms with E-state index >= 15 is 0 Å². The van der Waals surface area contributed by atoms with Gasteiger partial charge in [-0.2, -0.15) is 0 Å². The predicted octanol–water partition coefficient (Wildman–Crippen LogP) is 2.08. The van der Waals surface area contributed by atoms with Gasteiger partial charge in [0.05, 0.1) is 24.5 Å². The Balaban J connectivity index is 1.58.